The van der Waals surface area contributed by atoms with Crippen molar-refractivity contribution in [3.8, 4) is 5.75 Å². The number of alkyl halides is 2. The fourth-order valence-electron chi connectivity index (χ4n) is 1.80. The zero-order valence-corrected chi connectivity index (χ0v) is 9.08. The highest BCUT2D eigenvalue weighted by atomic mass is 19.3. The molecule has 0 bridgehead atoms. The molecular weight excluding hydrogens is 230 g/mol. The van der Waals surface area contributed by atoms with Gasteiger partial charge >= 0.3 is 11.9 Å². The Balaban J connectivity index is 2.03. The van der Waals surface area contributed by atoms with E-state index in [4.69, 9.17) is 9.84 Å². The largest absolute Gasteiger partial charge is 0.493 e. The Hall–Kier alpha value is -1.65. The second-order valence-electron chi connectivity index (χ2n) is 4.05. The summed E-state index contributed by atoms with van der Waals surface area (Å²) in [4.78, 5) is 10.3. The third-order valence-corrected chi connectivity index (χ3v) is 2.79. The first-order valence-corrected chi connectivity index (χ1v) is 5.35. The SMILES string of the molecule is O=C(O)C(F)(F)CCc1ccc2c(c1)CCO2. The molecule has 0 saturated carbocycles. The van der Waals surface area contributed by atoms with Gasteiger partial charge in [0, 0.05) is 12.8 Å². The molecule has 92 valence electrons. The second kappa shape index (κ2) is 4.31. The molecule has 0 amide bonds. The first-order chi connectivity index (χ1) is 7.99. The van der Waals surface area contributed by atoms with E-state index in [0.29, 0.717) is 6.61 Å². The fraction of sp³-hybridized carbons (Fsp3) is 0.417. The maximum Gasteiger partial charge on any atom is 0.374 e. The quantitative estimate of drug-likeness (QED) is 0.881. The van der Waals surface area contributed by atoms with Gasteiger partial charge in [-0.3, -0.25) is 0 Å². The van der Waals surface area contributed by atoms with E-state index in [2.05, 4.69) is 0 Å². The molecule has 0 saturated heterocycles. The van der Waals surface area contributed by atoms with Gasteiger partial charge in [0.15, 0.2) is 0 Å². The fourth-order valence-corrected chi connectivity index (χ4v) is 1.80. The van der Waals surface area contributed by atoms with Gasteiger partial charge < -0.3 is 9.84 Å². The molecule has 0 radical (unpaired) electrons. The van der Waals surface area contributed by atoms with Gasteiger partial charge in [-0.2, -0.15) is 8.78 Å². The molecule has 2 rings (SSSR count). The van der Waals surface area contributed by atoms with E-state index in [1.54, 1.807) is 18.2 Å². The predicted molar refractivity (Wildman–Crippen MR) is 56.5 cm³/mol. The summed E-state index contributed by atoms with van der Waals surface area (Å²) in [6.07, 6.45) is 0.146. The predicted octanol–water partition coefficient (Wildman–Crippen LogP) is 2.27. The lowest BCUT2D eigenvalue weighted by Gasteiger charge is -2.11. The molecule has 17 heavy (non-hydrogen) atoms. The second-order valence-corrected chi connectivity index (χ2v) is 4.05. The smallest absolute Gasteiger partial charge is 0.374 e. The normalized spacial score (nSPS) is 14.2. The lowest BCUT2D eigenvalue weighted by molar-refractivity contribution is -0.165. The monoisotopic (exact) mass is 242 g/mol. The summed E-state index contributed by atoms with van der Waals surface area (Å²) < 4.78 is 31.1. The van der Waals surface area contributed by atoms with Crippen LogP contribution in [-0.4, -0.2) is 23.6 Å². The third-order valence-electron chi connectivity index (χ3n) is 2.79. The van der Waals surface area contributed by atoms with Gasteiger partial charge in [0.2, 0.25) is 0 Å². The van der Waals surface area contributed by atoms with Crippen LogP contribution in [0.1, 0.15) is 17.5 Å². The summed E-state index contributed by atoms with van der Waals surface area (Å²) in [7, 11) is 0. The minimum Gasteiger partial charge on any atom is -0.493 e. The minimum absolute atomic E-state index is 0.0482. The number of carbonyl (C=O) groups is 1. The van der Waals surface area contributed by atoms with Crippen molar-refractivity contribution < 1.29 is 23.4 Å². The zero-order valence-electron chi connectivity index (χ0n) is 9.08. The number of fused-ring (bicyclic) bond motifs is 1. The summed E-state index contributed by atoms with van der Waals surface area (Å²) in [5.74, 6) is -4.93. The lowest BCUT2D eigenvalue weighted by atomic mass is 10.0. The molecule has 1 N–H and O–H groups in total. The summed E-state index contributed by atoms with van der Waals surface area (Å²) in [5.41, 5.74) is 1.72. The van der Waals surface area contributed by atoms with Crippen LogP contribution in [0.4, 0.5) is 8.78 Å². The molecule has 0 spiro atoms. The number of halogens is 2. The van der Waals surface area contributed by atoms with Gasteiger partial charge in [0.1, 0.15) is 5.75 Å². The molecule has 1 aliphatic heterocycles. The lowest BCUT2D eigenvalue weighted by Crippen LogP contribution is -2.28. The number of aliphatic carboxylic acids is 1. The number of hydrogen-bond acceptors (Lipinski definition) is 2. The van der Waals surface area contributed by atoms with E-state index in [0.717, 1.165) is 23.3 Å². The maximum absolute atomic E-state index is 12.9. The van der Waals surface area contributed by atoms with Gasteiger partial charge in [-0.1, -0.05) is 12.1 Å². The number of carboxylic acids is 1. The Labute approximate surface area is 97.0 Å². The van der Waals surface area contributed by atoms with E-state index >= 15 is 0 Å². The first kappa shape index (κ1) is 11.8. The van der Waals surface area contributed by atoms with Crippen molar-refractivity contribution in [3.05, 3.63) is 29.3 Å². The van der Waals surface area contributed by atoms with Gasteiger partial charge in [-0.15, -0.1) is 0 Å². The molecule has 1 aromatic rings. The van der Waals surface area contributed by atoms with Crippen LogP contribution in [0.5, 0.6) is 5.75 Å². The van der Waals surface area contributed by atoms with Gasteiger partial charge in [-0.25, -0.2) is 4.79 Å². The number of rotatable bonds is 4. The Morgan fingerprint density at radius 2 is 2.24 bits per heavy atom. The van der Waals surface area contributed by atoms with Crippen LogP contribution in [0, 0.1) is 0 Å². The number of hydrogen-bond donors (Lipinski definition) is 1. The van der Waals surface area contributed by atoms with Crippen LogP contribution < -0.4 is 4.74 Å². The number of ether oxygens (including phenoxy) is 1. The van der Waals surface area contributed by atoms with Crippen molar-refractivity contribution in [3.63, 3.8) is 0 Å². The van der Waals surface area contributed by atoms with Crippen molar-refractivity contribution in [2.75, 3.05) is 6.61 Å². The van der Waals surface area contributed by atoms with Crippen molar-refractivity contribution in [2.45, 2.75) is 25.2 Å². The van der Waals surface area contributed by atoms with Crippen molar-refractivity contribution in [1.29, 1.82) is 0 Å². The Kier molecular flexibility index (Phi) is 3.00. The third kappa shape index (κ3) is 2.54. The summed E-state index contributed by atoms with van der Waals surface area (Å²) >= 11 is 0. The van der Waals surface area contributed by atoms with Crippen LogP contribution in [0.2, 0.25) is 0 Å². The van der Waals surface area contributed by atoms with Gasteiger partial charge in [0.05, 0.1) is 6.61 Å². The molecule has 0 unspecified atom stereocenters. The van der Waals surface area contributed by atoms with E-state index in [9.17, 15) is 13.6 Å². The van der Waals surface area contributed by atoms with E-state index < -0.39 is 18.3 Å². The molecule has 1 heterocycles. The average Bonchev–Trinajstić information content (AvgIpc) is 2.73. The molecular formula is C12H12F2O3. The topological polar surface area (TPSA) is 46.5 Å². The highest BCUT2D eigenvalue weighted by Gasteiger charge is 2.37. The highest BCUT2D eigenvalue weighted by molar-refractivity contribution is 5.75. The summed E-state index contributed by atoms with van der Waals surface area (Å²) in [6.45, 7) is 0.615. The Bertz CT molecular complexity index is 443. The number of aryl methyl sites for hydroxylation is 1. The average molecular weight is 242 g/mol. The Morgan fingerprint density at radius 1 is 1.47 bits per heavy atom. The van der Waals surface area contributed by atoms with Crippen LogP contribution in [-0.2, 0) is 17.6 Å². The number of benzene rings is 1. The summed E-state index contributed by atoms with van der Waals surface area (Å²) in [6, 6.07) is 5.25. The maximum atomic E-state index is 12.9. The molecule has 0 aromatic heterocycles. The molecule has 1 aliphatic rings. The van der Waals surface area contributed by atoms with Gasteiger partial charge in [-0.05, 0) is 23.6 Å². The minimum atomic E-state index is -3.66. The van der Waals surface area contributed by atoms with Crippen LogP contribution in [0.3, 0.4) is 0 Å². The molecule has 3 nitrogen and oxygen atoms in total. The standard InChI is InChI=1S/C12H12F2O3/c13-12(14,11(15)16)5-3-8-1-2-10-9(7-8)4-6-17-10/h1-2,7H,3-6H2,(H,15,16). The number of carboxylic acid groups (broad SMARTS) is 1. The molecule has 0 aliphatic carbocycles. The summed E-state index contributed by atoms with van der Waals surface area (Å²) in [5, 5.41) is 8.30. The molecule has 1 aromatic carbocycles. The van der Waals surface area contributed by atoms with Crippen LogP contribution >= 0.6 is 0 Å². The van der Waals surface area contributed by atoms with Crippen molar-refractivity contribution in [2.24, 2.45) is 0 Å². The van der Waals surface area contributed by atoms with Crippen molar-refractivity contribution in [1.82, 2.24) is 0 Å². The van der Waals surface area contributed by atoms with Gasteiger partial charge in [0.25, 0.3) is 0 Å². The van der Waals surface area contributed by atoms with Crippen molar-refractivity contribution >= 4 is 5.97 Å². The van der Waals surface area contributed by atoms with E-state index in [1.165, 1.54) is 0 Å². The zero-order chi connectivity index (χ0) is 12.5. The first-order valence-electron chi connectivity index (χ1n) is 5.35. The van der Waals surface area contributed by atoms with E-state index in [-0.39, 0.29) is 6.42 Å². The van der Waals surface area contributed by atoms with Crippen LogP contribution in [0.15, 0.2) is 18.2 Å². The Morgan fingerprint density at radius 3 is 2.94 bits per heavy atom. The highest BCUT2D eigenvalue weighted by Crippen LogP contribution is 2.28. The molecule has 5 heteroatoms. The molecule has 0 atom stereocenters. The van der Waals surface area contributed by atoms with E-state index in [1.807, 2.05) is 0 Å². The van der Waals surface area contributed by atoms with Crippen LogP contribution in [0.25, 0.3) is 0 Å². The molecule has 0 fully saturated rings.